The van der Waals surface area contributed by atoms with Crippen LogP contribution in [0.1, 0.15) is 23.1 Å². The first-order valence-corrected chi connectivity index (χ1v) is 6.22. The fourth-order valence-corrected chi connectivity index (χ4v) is 2.63. The van der Waals surface area contributed by atoms with Crippen LogP contribution >= 0.6 is 0 Å². The third kappa shape index (κ3) is 1.69. The molecule has 1 aliphatic heterocycles. The van der Waals surface area contributed by atoms with Crippen molar-refractivity contribution < 1.29 is 19.2 Å². The van der Waals surface area contributed by atoms with Gasteiger partial charge in [0.05, 0.1) is 26.2 Å². The van der Waals surface area contributed by atoms with Gasteiger partial charge in [0.1, 0.15) is 11.9 Å². The summed E-state index contributed by atoms with van der Waals surface area (Å²) in [4.78, 5) is 29.0. The number of carbonyl (C=O) groups excluding carboxylic acids is 2. The van der Waals surface area contributed by atoms with Crippen molar-refractivity contribution in [1.82, 2.24) is 9.63 Å². The summed E-state index contributed by atoms with van der Waals surface area (Å²) in [6.07, 6.45) is -0.475. The Morgan fingerprint density at radius 3 is 2.75 bits per heavy atom. The molecule has 0 saturated carbocycles. The van der Waals surface area contributed by atoms with Gasteiger partial charge < -0.3 is 9.30 Å². The molecule has 1 amide bonds. The van der Waals surface area contributed by atoms with Crippen LogP contribution in [0, 0.1) is 0 Å². The second kappa shape index (κ2) is 4.64. The standard InChI is InChI=1S/C14H14N2O4/c1-19-13(17)8-12-15-10-6-4-3-5-9(10)7-11(15)14(18)16(12)20-2/h3-7,12H,8H2,1-2H3. The van der Waals surface area contributed by atoms with Gasteiger partial charge in [-0.2, -0.15) is 5.06 Å². The van der Waals surface area contributed by atoms with Crippen molar-refractivity contribution in [3.8, 4) is 0 Å². The molecular weight excluding hydrogens is 260 g/mol. The predicted molar refractivity (Wildman–Crippen MR) is 70.8 cm³/mol. The molecule has 1 aromatic heterocycles. The summed E-state index contributed by atoms with van der Waals surface area (Å²) >= 11 is 0. The van der Waals surface area contributed by atoms with Crippen molar-refractivity contribution in [1.29, 1.82) is 0 Å². The number of fused-ring (bicyclic) bond motifs is 3. The molecule has 2 heterocycles. The van der Waals surface area contributed by atoms with E-state index in [0.717, 1.165) is 10.9 Å². The zero-order valence-corrected chi connectivity index (χ0v) is 11.2. The zero-order chi connectivity index (χ0) is 14.3. The second-order valence-corrected chi connectivity index (χ2v) is 4.53. The van der Waals surface area contributed by atoms with E-state index in [1.807, 2.05) is 28.8 Å². The molecule has 1 aromatic carbocycles. The van der Waals surface area contributed by atoms with E-state index >= 15 is 0 Å². The van der Waals surface area contributed by atoms with Crippen LogP contribution in [0.2, 0.25) is 0 Å². The molecule has 1 unspecified atom stereocenters. The first kappa shape index (κ1) is 12.7. The Kier molecular flexibility index (Phi) is 2.94. The van der Waals surface area contributed by atoms with E-state index in [0.29, 0.717) is 5.69 Å². The molecule has 2 aromatic rings. The number of rotatable bonds is 3. The van der Waals surface area contributed by atoms with E-state index < -0.39 is 12.1 Å². The van der Waals surface area contributed by atoms with E-state index in [4.69, 9.17) is 9.57 Å². The molecular formula is C14H14N2O4. The lowest BCUT2D eigenvalue weighted by Crippen LogP contribution is -2.30. The first-order valence-electron chi connectivity index (χ1n) is 6.22. The zero-order valence-electron chi connectivity index (χ0n) is 11.2. The topological polar surface area (TPSA) is 60.8 Å². The summed E-state index contributed by atoms with van der Waals surface area (Å²) < 4.78 is 6.52. The number of hydrogen-bond donors (Lipinski definition) is 0. The highest BCUT2D eigenvalue weighted by atomic mass is 16.7. The van der Waals surface area contributed by atoms with Crippen LogP contribution in [0.15, 0.2) is 30.3 Å². The number of carbonyl (C=O) groups is 2. The Morgan fingerprint density at radius 1 is 1.30 bits per heavy atom. The summed E-state index contributed by atoms with van der Waals surface area (Å²) in [6, 6.07) is 9.45. The van der Waals surface area contributed by atoms with Gasteiger partial charge >= 0.3 is 5.97 Å². The number of hydroxylamine groups is 2. The van der Waals surface area contributed by atoms with Gasteiger partial charge in [0.25, 0.3) is 5.91 Å². The predicted octanol–water partition coefficient (Wildman–Crippen LogP) is 1.72. The number of ether oxygens (including phenoxy) is 1. The van der Waals surface area contributed by atoms with E-state index in [2.05, 4.69) is 0 Å². The number of para-hydroxylation sites is 1. The van der Waals surface area contributed by atoms with Gasteiger partial charge in [-0.1, -0.05) is 18.2 Å². The molecule has 0 N–H and O–H groups in total. The molecule has 0 aliphatic carbocycles. The third-order valence-electron chi connectivity index (χ3n) is 3.51. The van der Waals surface area contributed by atoms with Crippen LogP contribution < -0.4 is 0 Å². The summed E-state index contributed by atoms with van der Waals surface area (Å²) in [6.45, 7) is 0. The summed E-state index contributed by atoms with van der Waals surface area (Å²) in [5.74, 6) is -0.645. The molecule has 0 radical (unpaired) electrons. The van der Waals surface area contributed by atoms with Crippen LogP contribution in [-0.2, 0) is 14.4 Å². The van der Waals surface area contributed by atoms with Crippen molar-refractivity contribution in [2.24, 2.45) is 0 Å². The first-order chi connectivity index (χ1) is 9.67. The van der Waals surface area contributed by atoms with Crippen LogP contribution in [0.4, 0.5) is 0 Å². The normalized spacial score (nSPS) is 17.6. The number of amides is 1. The maximum Gasteiger partial charge on any atom is 0.309 e. The molecule has 6 nitrogen and oxygen atoms in total. The number of benzene rings is 1. The molecule has 20 heavy (non-hydrogen) atoms. The van der Waals surface area contributed by atoms with Gasteiger partial charge in [-0.15, -0.1) is 0 Å². The number of aromatic nitrogens is 1. The summed E-state index contributed by atoms with van der Waals surface area (Å²) in [5.41, 5.74) is 1.41. The Hall–Kier alpha value is -2.34. The van der Waals surface area contributed by atoms with Gasteiger partial charge in [-0.3, -0.25) is 14.4 Å². The Bertz CT molecular complexity index is 692. The molecule has 0 fully saturated rings. The molecule has 1 atom stereocenters. The molecule has 104 valence electrons. The average Bonchev–Trinajstić information content (AvgIpc) is 2.96. The molecule has 0 spiro atoms. The molecule has 1 aliphatic rings. The largest absolute Gasteiger partial charge is 0.469 e. The second-order valence-electron chi connectivity index (χ2n) is 4.53. The molecule has 0 bridgehead atoms. The van der Waals surface area contributed by atoms with Crippen LogP contribution in [0.3, 0.4) is 0 Å². The Balaban J connectivity index is 2.14. The van der Waals surface area contributed by atoms with E-state index in [-0.39, 0.29) is 12.3 Å². The van der Waals surface area contributed by atoms with Crippen LogP contribution in [0.5, 0.6) is 0 Å². The third-order valence-corrected chi connectivity index (χ3v) is 3.51. The van der Waals surface area contributed by atoms with Gasteiger partial charge in [0.15, 0.2) is 0 Å². The molecule has 0 saturated heterocycles. The lowest BCUT2D eigenvalue weighted by atomic mass is 10.2. The van der Waals surface area contributed by atoms with Crippen molar-refractivity contribution in [2.45, 2.75) is 12.6 Å². The van der Waals surface area contributed by atoms with Crippen molar-refractivity contribution in [3.05, 3.63) is 36.0 Å². The number of hydrogen-bond acceptors (Lipinski definition) is 4. The van der Waals surface area contributed by atoms with Gasteiger partial charge in [-0.05, 0) is 12.1 Å². The number of methoxy groups -OCH3 is 1. The fraction of sp³-hybridized carbons (Fsp3) is 0.286. The highest BCUT2D eigenvalue weighted by Gasteiger charge is 2.39. The number of esters is 1. The monoisotopic (exact) mass is 274 g/mol. The molecule has 6 heteroatoms. The van der Waals surface area contributed by atoms with Crippen molar-refractivity contribution >= 4 is 22.8 Å². The maximum atomic E-state index is 12.3. The maximum absolute atomic E-state index is 12.3. The van der Waals surface area contributed by atoms with E-state index in [1.54, 1.807) is 6.07 Å². The highest BCUT2D eigenvalue weighted by molar-refractivity contribution is 6.00. The lowest BCUT2D eigenvalue weighted by molar-refractivity contribution is -0.156. The smallest absolute Gasteiger partial charge is 0.309 e. The van der Waals surface area contributed by atoms with Crippen molar-refractivity contribution in [3.63, 3.8) is 0 Å². The SMILES string of the molecule is COC(=O)CC1N(OC)C(=O)c2cc3ccccc3n21. The summed E-state index contributed by atoms with van der Waals surface area (Å²) in [7, 11) is 2.74. The summed E-state index contributed by atoms with van der Waals surface area (Å²) in [5, 5.41) is 2.17. The van der Waals surface area contributed by atoms with Crippen LogP contribution in [-0.4, -0.2) is 35.7 Å². The van der Waals surface area contributed by atoms with E-state index in [1.165, 1.54) is 19.3 Å². The minimum absolute atomic E-state index is 0.0434. The Labute approximate surface area is 115 Å². The fourth-order valence-electron chi connectivity index (χ4n) is 2.63. The van der Waals surface area contributed by atoms with Crippen molar-refractivity contribution in [2.75, 3.05) is 14.2 Å². The Morgan fingerprint density at radius 2 is 2.05 bits per heavy atom. The van der Waals surface area contributed by atoms with Gasteiger partial charge in [0.2, 0.25) is 0 Å². The minimum Gasteiger partial charge on any atom is -0.469 e. The van der Waals surface area contributed by atoms with E-state index in [9.17, 15) is 9.59 Å². The van der Waals surface area contributed by atoms with Gasteiger partial charge in [-0.25, -0.2) is 0 Å². The quantitative estimate of drug-likeness (QED) is 0.800. The average molecular weight is 274 g/mol. The van der Waals surface area contributed by atoms with Gasteiger partial charge in [0, 0.05) is 5.39 Å². The number of nitrogens with zero attached hydrogens (tertiary/aromatic N) is 2. The minimum atomic E-state index is -0.519. The lowest BCUT2D eigenvalue weighted by Gasteiger charge is -2.22. The molecule has 3 rings (SSSR count). The van der Waals surface area contributed by atoms with Crippen LogP contribution in [0.25, 0.3) is 10.9 Å². The highest BCUT2D eigenvalue weighted by Crippen LogP contribution is 2.35.